The van der Waals surface area contributed by atoms with Gasteiger partial charge < -0.3 is 9.88 Å². The van der Waals surface area contributed by atoms with E-state index in [9.17, 15) is 9.18 Å². The van der Waals surface area contributed by atoms with Crippen LogP contribution in [0.1, 0.15) is 6.92 Å². The van der Waals surface area contributed by atoms with Gasteiger partial charge in [-0.3, -0.25) is 4.79 Å². The summed E-state index contributed by atoms with van der Waals surface area (Å²) in [6.45, 7) is 1.39. The lowest BCUT2D eigenvalue weighted by atomic mass is 10.2. The Morgan fingerprint density at radius 2 is 2.15 bits per heavy atom. The number of anilines is 1. The van der Waals surface area contributed by atoms with Gasteiger partial charge >= 0.3 is 0 Å². The molecular weight excluding hydrogens is 255 g/mol. The van der Waals surface area contributed by atoms with Crippen LogP contribution < -0.4 is 5.32 Å². The quantitative estimate of drug-likeness (QED) is 0.757. The largest absolute Gasteiger partial charge is 0.326 e. The Morgan fingerprint density at radius 1 is 1.30 bits per heavy atom. The molecule has 99 valence electrons. The van der Waals surface area contributed by atoms with Gasteiger partial charge in [-0.25, -0.2) is 4.39 Å². The van der Waals surface area contributed by atoms with E-state index in [4.69, 9.17) is 0 Å². The van der Waals surface area contributed by atoms with Gasteiger partial charge in [-0.2, -0.15) is 0 Å². The van der Waals surface area contributed by atoms with Crippen LogP contribution in [0.2, 0.25) is 0 Å². The Labute approximate surface area is 115 Å². The number of hydrogen-bond acceptors (Lipinski definition) is 1. The summed E-state index contributed by atoms with van der Waals surface area (Å²) in [5.74, 6) is -0.625. The van der Waals surface area contributed by atoms with Crippen molar-refractivity contribution in [1.29, 1.82) is 0 Å². The van der Waals surface area contributed by atoms with E-state index in [1.54, 1.807) is 6.07 Å². The van der Waals surface area contributed by atoms with Gasteiger partial charge in [-0.15, -0.1) is 0 Å². The highest BCUT2D eigenvalue weighted by Gasteiger charge is 2.06. The fourth-order valence-electron chi connectivity index (χ4n) is 2.23. The van der Waals surface area contributed by atoms with E-state index in [0.717, 1.165) is 10.9 Å². The molecule has 2 aromatic carbocycles. The highest BCUT2D eigenvalue weighted by Crippen LogP contribution is 2.23. The van der Waals surface area contributed by atoms with Gasteiger partial charge in [-0.1, -0.05) is 12.1 Å². The number of halogens is 1. The van der Waals surface area contributed by atoms with Crippen molar-refractivity contribution in [2.75, 3.05) is 5.32 Å². The Balaban J connectivity index is 2.14. The summed E-state index contributed by atoms with van der Waals surface area (Å²) >= 11 is 0. The number of nitrogens with zero attached hydrogens (tertiary/aromatic N) is 1. The Kier molecular flexibility index (Phi) is 2.99. The minimum atomic E-state index is -0.395. The maximum Gasteiger partial charge on any atom is 0.221 e. The van der Waals surface area contributed by atoms with Gasteiger partial charge in [0, 0.05) is 18.8 Å². The fraction of sp³-hybridized carbons (Fsp3) is 0.0625. The lowest BCUT2D eigenvalue weighted by Crippen LogP contribution is -2.06. The third-order valence-electron chi connectivity index (χ3n) is 3.02. The summed E-state index contributed by atoms with van der Waals surface area (Å²) in [5, 5.41) is 3.65. The first kappa shape index (κ1) is 12.4. The number of amides is 1. The standard InChI is InChI=1S/C16H12FN2O/c1-11(20)18-14-8-13(17)9-15(10-14)19-7-6-12-4-2-3-5-16(12)19/h2,4-10H,1H3,(H,18,20). The van der Waals surface area contributed by atoms with E-state index in [1.165, 1.54) is 19.1 Å². The van der Waals surface area contributed by atoms with Crippen LogP contribution in [0.5, 0.6) is 0 Å². The Hall–Kier alpha value is -2.62. The topological polar surface area (TPSA) is 34.0 Å². The monoisotopic (exact) mass is 267 g/mol. The molecule has 0 saturated heterocycles. The second kappa shape index (κ2) is 4.81. The predicted molar refractivity (Wildman–Crippen MR) is 76.4 cm³/mol. The minimum Gasteiger partial charge on any atom is -0.326 e. The van der Waals surface area contributed by atoms with Crippen LogP contribution in [0, 0.1) is 11.9 Å². The van der Waals surface area contributed by atoms with Crippen LogP contribution in [-0.2, 0) is 4.79 Å². The van der Waals surface area contributed by atoms with Crippen LogP contribution in [0.4, 0.5) is 10.1 Å². The molecule has 4 heteroatoms. The molecule has 3 aromatic rings. The van der Waals surface area contributed by atoms with Crippen molar-refractivity contribution in [3.8, 4) is 5.69 Å². The van der Waals surface area contributed by atoms with Gasteiger partial charge in [-0.05, 0) is 41.8 Å². The molecule has 1 heterocycles. The van der Waals surface area contributed by atoms with Gasteiger partial charge in [0.05, 0.1) is 11.2 Å². The normalized spacial score (nSPS) is 10.7. The highest BCUT2D eigenvalue weighted by atomic mass is 19.1. The molecule has 1 amide bonds. The number of nitrogens with one attached hydrogen (secondary N) is 1. The van der Waals surface area contributed by atoms with E-state index in [1.807, 2.05) is 35.0 Å². The number of hydrogen-bond donors (Lipinski definition) is 1. The predicted octanol–water partition coefficient (Wildman–Crippen LogP) is 3.53. The molecule has 1 aromatic heterocycles. The molecule has 0 fully saturated rings. The first-order valence-corrected chi connectivity index (χ1v) is 6.19. The molecule has 1 N–H and O–H groups in total. The number of rotatable bonds is 2. The molecule has 0 bridgehead atoms. The minimum absolute atomic E-state index is 0.229. The van der Waals surface area contributed by atoms with Crippen molar-refractivity contribution in [3.05, 3.63) is 60.5 Å². The third-order valence-corrected chi connectivity index (χ3v) is 3.02. The average molecular weight is 267 g/mol. The van der Waals surface area contributed by atoms with E-state index >= 15 is 0 Å². The highest BCUT2D eigenvalue weighted by molar-refractivity contribution is 5.89. The number of aromatic nitrogens is 1. The third kappa shape index (κ3) is 2.28. The molecule has 1 radical (unpaired) electrons. The van der Waals surface area contributed by atoms with Gasteiger partial charge in [0.2, 0.25) is 5.91 Å². The lowest BCUT2D eigenvalue weighted by molar-refractivity contribution is -0.114. The molecule has 0 aliphatic rings. The first-order valence-electron chi connectivity index (χ1n) is 6.19. The van der Waals surface area contributed by atoms with Gasteiger partial charge in [0.25, 0.3) is 0 Å². The van der Waals surface area contributed by atoms with Gasteiger partial charge in [0.1, 0.15) is 5.82 Å². The number of carbonyl (C=O) groups excluding carboxylic acids is 1. The van der Waals surface area contributed by atoms with Crippen molar-refractivity contribution < 1.29 is 9.18 Å². The molecule has 0 unspecified atom stereocenters. The maximum absolute atomic E-state index is 13.7. The summed E-state index contributed by atoms with van der Waals surface area (Å²) in [6, 6.07) is 15.0. The SMILES string of the molecule is CC(=O)Nc1cc(F)cc(-n2ccc3cc[c]cc32)c1. The maximum atomic E-state index is 13.7. The second-order valence-corrected chi connectivity index (χ2v) is 4.55. The van der Waals surface area contributed by atoms with Crippen molar-refractivity contribution in [2.45, 2.75) is 6.92 Å². The van der Waals surface area contributed by atoms with Crippen LogP contribution in [0.3, 0.4) is 0 Å². The summed E-state index contributed by atoms with van der Waals surface area (Å²) in [6.07, 6.45) is 1.87. The van der Waals surface area contributed by atoms with Crippen molar-refractivity contribution >= 4 is 22.5 Å². The molecule has 3 nitrogen and oxygen atoms in total. The number of fused-ring (bicyclic) bond motifs is 1. The first-order chi connectivity index (χ1) is 9.63. The van der Waals surface area contributed by atoms with Crippen LogP contribution >= 0.6 is 0 Å². The zero-order valence-electron chi connectivity index (χ0n) is 10.9. The zero-order valence-corrected chi connectivity index (χ0v) is 10.9. The fourth-order valence-corrected chi connectivity index (χ4v) is 2.23. The van der Waals surface area contributed by atoms with E-state index in [0.29, 0.717) is 11.4 Å². The van der Waals surface area contributed by atoms with E-state index in [-0.39, 0.29) is 5.91 Å². The van der Waals surface area contributed by atoms with Crippen LogP contribution in [-0.4, -0.2) is 10.5 Å². The number of carbonyl (C=O) groups is 1. The second-order valence-electron chi connectivity index (χ2n) is 4.55. The summed E-state index contributed by atoms with van der Waals surface area (Å²) in [5.41, 5.74) is 2.03. The van der Waals surface area contributed by atoms with Crippen molar-refractivity contribution in [2.24, 2.45) is 0 Å². The zero-order chi connectivity index (χ0) is 14.1. The summed E-state index contributed by atoms with van der Waals surface area (Å²) in [7, 11) is 0. The molecule has 0 saturated carbocycles. The lowest BCUT2D eigenvalue weighted by Gasteiger charge is -2.09. The Bertz CT molecular complexity index is 792. The molecule has 0 aliphatic carbocycles. The summed E-state index contributed by atoms with van der Waals surface area (Å²) < 4.78 is 15.6. The van der Waals surface area contributed by atoms with Crippen molar-refractivity contribution in [1.82, 2.24) is 4.57 Å². The average Bonchev–Trinajstić information content (AvgIpc) is 2.80. The smallest absolute Gasteiger partial charge is 0.221 e. The van der Waals surface area contributed by atoms with Crippen molar-refractivity contribution in [3.63, 3.8) is 0 Å². The molecule has 0 aliphatic heterocycles. The number of benzene rings is 2. The summed E-state index contributed by atoms with van der Waals surface area (Å²) in [4.78, 5) is 11.1. The van der Waals surface area contributed by atoms with Crippen LogP contribution in [0.15, 0.2) is 48.7 Å². The molecule has 0 spiro atoms. The van der Waals surface area contributed by atoms with E-state index in [2.05, 4.69) is 11.4 Å². The van der Waals surface area contributed by atoms with E-state index < -0.39 is 5.82 Å². The Morgan fingerprint density at radius 3 is 2.95 bits per heavy atom. The molecular formula is C16H12FN2O. The molecule has 0 atom stereocenters. The van der Waals surface area contributed by atoms with Gasteiger partial charge in [0.15, 0.2) is 0 Å². The molecule has 3 rings (SSSR count). The van der Waals surface area contributed by atoms with Crippen LogP contribution in [0.25, 0.3) is 16.6 Å². The molecule has 20 heavy (non-hydrogen) atoms.